The number of nitrogens with one attached hydrogen (secondary N) is 1. The van der Waals surface area contributed by atoms with Gasteiger partial charge < -0.3 is 15.3 Å². The van der Waals surface area contributed by atoms with Crippen LogP contribution in [0.3, 0.4) is 0 Å². The van der Waals surface area contributed by atoms with Crippen molar-refractivity contribution in [1.29, 1.82) is 0 Å². The van der Waals surface area contributed by atoms with E-state index in [9.17, 15) is 5.11 Å². The Balaban J connectivity index is 2.00. The second-order valence-electron chi connectivity index (χ2n) is 9.15. The molecule has 0 fully saturated rings. The number of nitrogens with zero attached hydrogens (tertiary/aromatic N) is 3. The monoisotopic (exact) mass is 382 g/mol. The first-order valence-corrected chi connectivity index (χ1v) is 10.3. The minimum Gasteiger partial charge on any atom is -0.394 e. The number of aliphatic hydroxyl groups excluding tert-OH is 1. The summed E-state index contributed by atoms with van der Waals surface area (Å²) in [5, 5.41) is 13.1. The van der Waals surface area contributed by atoms with Crippen LogP contribution < -0.4 is 10.2 Å². The van der Waals surface area contributed by atoms with E-state index in [1.165, 1.54) is 11.1 Å². The van der Waals surface area contributed by atoms with E-state index in [0.717, 1.165) is 24.5 Å². The number of fused-ring (bicyclic) bond motifs is 1. The third-order valence-corrected chi connectivity index (χ3v) is 5.72. The molecule has 1 aromatic carbocycles. The van der Waals surface area contributed by atoms with Gasteiger partial charge in [0, 0.05) is 18.2 Å². The molecule has 1 atom stereocenters. The molecule has 152 valence electrons. The standard InChI is InChI=1S/C23H34N4O/c1-15(2)19-11-21(26-22(24-19)25-20(14-28)16(3)4)27-13-18-10-8-7-9-17(18)12-23(27,5)6/h7-11,15-16,20,28H,12-14H2,1-6H3,(H,24,25,26)/t20-/m0/s1. The van der Waals surface area contributed by atoms with Crippen LogP contribution in [0, 0.1) is 5.92 Å². The molecule has 0 aliphatic carbocycles. The van der Waals surface area contributed by atoms with Crippen LogP contribution in [0.1, 0.15) is 64.3 Å². The van der Waals surface area contributed by atoms with Crippen molar-refractivity contribution in [2.75, 3.05) is 16.8 Å². The lowest BCUT2D eigenvalue weighted by molar-refractivity contribution is 0.248. The number of aliphatic hydroxyl groups is 1. The predicted molar refractivity (Wildman–Crippen MR) is 116 cm³/mol. The summed E-state index contributed by atoms with van der Waals surface area (Å²) in [6, 6.07) is 10.7. The maximum absolute atomic E-state index is 9.72. The average Bonchev–Trinajstić information content (AvgIpc) is 2.64. The van der Waals surface area contributed by atoms with Crippen LogP contribution in [0.4, 0.5) is 11.8 Å². The Morgan fingerprint density at radius 1 is 1.11 bits per heavy atom. The minimum atomic E-state index is -0.0645. The van der Waals surface area contributed by atoms with Gasteiger partial charge in [-0.15, -0.1) is 0 Å². The zero-order valence-electron chi connectivity index (χ0n) is 18.0. The molecule has 1 aromatic heterocycles. The fourth-order valence-corrected chi connectivity index (χ4v) is 3.76. The smallest absolute Gasteiger partial charge is 0.225 e. The molecule has 1 aliphatic heterocycles. The second kappa shape index (κ2) is 8.08. The lowest BCUT2D eigenvalue weighted by Crippen LogP contribution is -2.49. The third-order valence-electron chi connectivity index (χ3n) is 5.72. The molecule has 5 heteroatoms. The van der Waals surface area contributed by atoms with Crippen LogP contribution in [-0.2, 0) is 13.0 Å². The molecule has 3 rings (SSSR count). The number of hydrogen-bond acceptors (Lipinski definition) is 5. The van der Waals surface area contributed by atoms with E-state index in [2.05, 4.69) is 82.1 Å². The van der Waals surface area contributed by atoms with Crippen molar-refractivity contribution in [2.24, 2.45) is 5.92 Å². The van der Waals surface area contributed by atoms with Gasteiger partial charge in [0.2, 0.25) is 5.95 Å². The highest BCUT2D eigenvalue weighted by Crippen LogP contribution is 2.35. The third kappa shape index (κ3) is 4.30. The van der Waals surface area contributed by atoms with Crippen molar-refractivity contribution in [3.63, 3.8) is 0 Å². The molecule has 0 saturated carbocycles. The number of aromatic nitrogens is 2. The van der Waals surface area contributed by atoms with Gasteiger partial charge >= 0.3 is 0 Å². The number of benzene rings is 1. The quantitative estimate of drug-likeness (QED) is 0.777. The van der Waals surface area contributed by atoms with E-state index in [1.807, 2.05) is 0 Å². The van der Waals surface area contributed by atoms with Crippen LogP contribution in [0.15, 0.2) is 30.3 Å². The van der Waals surface area contributed by atoms with E-state index in [0.29, 0.717) is 11.9 Å². The number of hydrogen-bond donors (Lipinski definition) is 2. The molecule has 2 aromatic rings. The van der Waals surface area contributed by atoms with Gasteiger partial charge in [0.25, 0.3) is 0 Å². The van der Waals surface area contributed by atoms with Gasteiger partial charge in [-0.25, -0.2) is 4.98 Å². The molecule has 5 nitrogen and oxygen atoms in total. The Bertz CT molecular complexity index is 816. The molecule has 1 aliphatic rings. The normalized spacial score (nSPS) is 17.0. The fourth-order valence-electron chi connectivity index (χ4n) is 3.76. The minimum absolute atomic E-state index is 0.0390. The molecular weight excluding hydrogens is 348 g/mol. The van der Waals surface area contributed by atoms with Crippen LogP contribution in [0.2, 0.25) is 0 Å². The zero-order valence-corrected chi connectivity index (χ0v) is 18.0. The van der Waals surface area contributed by atoms with Gasteiger partial charge in [0.15, 0.2) is 0 Å². The van der Waals surface area contributed by atoms with Gasteiger partial charge in [0.1, 0.15) is 5.82 Å². The van der Waals surface area contributed by atoms with Crippen LogP contribution in [0.5, 0.6) is 0 Å². The lowest BCUT2D eigenvalue weighted by atomic mass is 9.85. The SMILES string of the molecule is CC(C)c1cc(N2Cc3ccccc3CC2(C)C)nc(N[C@@H](CO)C(C)C)n1. The van der Waals surface area contributed by atoms with Crippen molar-refractivity contribution in [3.05, 3.63) is 47.2 Å². The van der Waals surface area contributed by atoms with Crippen LogP contribution in [-0.4, -0.2) is 33.3 Å². The zero-order chi connectivity index (χ0) is 20.5. The van der Waals surface area contributed by atoms with E-state index in [1.54, 1.807) is 0 Å². The van der Waals surface area contributed by atoms with Crippen molar-refractivity contribution in [3.8, 4) is 0 Å². The summed E-state index contributed by atoms with van der Waals surface area (Å²) in [4.78, 5) is 12.0. The highest BCUT2D eigenvalue weighted by atomic mass is 16.3. The molecule has 2 N–H and O–H groups in total. The lowest BCUT2D eigenvalue weighted by Gasteiger charge is -2.44. The highest BCUT2D eigenvalue weighted by molar-refractivity contribution is 5.51. The van der Waals surface area contributed by atoms with E-state index in [-0.39, 0.29) is 24.1 Å². The number of rotatable bonds is 6. The molecule has 0 unspecified atom stereocenters. The van der Waals surface area contributed by atoms with Gasteiger partial charge in [0.05, 0.1) is 18.3 Å². The van der Waals surface area contributed by atoms with Crippen LogP contribution >= 0.6 is 0 Å². The molecule has 0 bridgehead atoms. The molecule has 0 spiro atoms. The summed E-state index contributed by atoms with van der Waals surface area (Å²) >= 11 is 0. The summed E-state index contributed by atoms with van der Waals surface area (Å²) in [5.41, 5.74) is 3.75. The largest absolute Gasteiger partial charge is 0.394 e. The summed E-state index contributed by atoms with van der Waals surface area (Å²) in [7, 11) is 0. The van der Waals surface area contributed by atoms with Gasteiger partial charge in [-0.2, -0.15) is 4.98 Å². The van der Waals surface area contributed by atoms with Gasteiger partial charge in [-0.05, 0) is 43.2 Å². The molecule has 28 heavy (non-hydrogen) atoms. The second-order valence-corrected chi connectivity index (χ2v) is 9.15. The van der Waals surface area contributed by atoms with E-state index < -0.39 is 0 Å². The molecule has 0 saturated heterocycles. The van der Waals surface area contributed by atoms with Gasteiger partial charge in [-0.1, -0.05) is 52.0 Å². The molecule has 0 radical (unpaired) electrons. The molecular formula is C23H34N4O. The Morgan fingerprint density at radius 2 is 1.79 bits per heavy atom. The first kappa shape index (κ1) is 20.6. The Kier molecular flexibility index (Phi) is 5.94. The summed E-state index contributed by atoms with van der Waals surface area (Å²) < 4.78 is 0. The Morgan fingerprint density at radius 3 is 2.39 bits per heavy atom. The fraction of sp³-hybridized carbons (Fsp3) is 0.565. The van der Waals surface area contributed by atoms with Gasteiger partial charge in [-0.3, -0.25) is 0 Å². The molecule has 0 amide bonds. The van der Waals surface area contributed by atoms with E-state index >= 15 is 0 Å². The first-order valence-electron chi connectivity index (χ1n) is 10.3. The van der Waals surface area contributed by atoms with Crippen molar-refractivity contribution >= 4 is 11.8 Å². The van der Waals surface area contributed by atoms with Crippen molar-refractivity contribution in [1.82, 2.24) is 9.97 Å². The predicted octanol–water partition coefficient (Wildman–Crippen LogP) is 4.37. The summed E-state index contributed by atoms with van der Waals surface area (Å²) in [6.45, 7) is 13.9. The van der Waals surface area contributed by atoms with E-state index in [4.69, 9.17) is 9.97 Å². The number of anilines is 2. The Labute approximate surface area is 169 Å². The Hall–Kier alpha value is -2.14. The topological polar surface area (TPSA) is 61.3 Å². The van der Waals surface area contributed by atoms with Crippen molar-refractivity contribution in [2.45, 2.75) is 72.0 Å². The summed E-state index contributed by atoms with van der Waals surface area (Å²) in [5.74, 6) is 2.14. The summed E-state index contributed by atoms with van der Waals surface area (Å²) in [6.07, 6.45) is 0.984. The first-order chi connectivity index (χ1) is 13.2. The average molecular weight is 383 g/mol. The molecule has 2 heterocycles. The highest BCUT2D eigenvalue weighted by Gasteiger charge is 2.34. The maximum Gasteiger partial charge on any atom is 0.225 e. The van der Waals surface area contributed by atoms with Crippen LogP contribution in [0.25, 0.3) is 0 Å². The maximum atomic E-state index is 9.72. The van der Waals surface area contributed by atoms with Crippen molar-refractivity contribution < 1.29 is 5.11 Å².